The summed E-state index contributed by atoms with van der Waals surface area (Å²) in [5.41, 5.74) is 6.63. The molecule has 1 unspecified atom stereocenters. The van der Waals surface area contributed by atoms with E-state index in [1.165, 1.54) is 49.4 Å². The summed E-state index contributed by atoms with van der Waals surface area (Å²) in [5.74, 6) is -0.643. The predicted molar refractivity (Wildman–Crippen MR) is 143 cm³/mol. The first kappa shape index (κ1) is 27.6. The number of hydrogen-bond donors (Lipinski definition) is 2. The van der Waals surface area contributed by atoms with Crippen molar-refractivity contribution in [3.8, 4) is 16.9 Å². The van der Waals surface area contributed by atoms with Gasteiger partial charge in [0.1, 0.15) is 24.1 Å². The number of oxime groups is 1. The van der Waals surface area contributed by atoms with Crippen LogP contribution in [-0.4, -0.2) is 61.3 Å². The van der Waals surface area contributed by atoms with Crippen LogP contribution in [0.1, 0.15) is 28.5 Å². The number of pyridine rings is 2. The van der Waals surface area contributed by atoms with Crippen molar-refractivity contribution in [2.75, 3.05) is 39.4 Å². The summed E-state index contributed by atoms with van der Waals surface area (Å²) in [6.07, 6.45) is 2.94. The van der Waals surface area contributed by atoms with E-state index < -0.39 is 23.4 Å². The molecule has 0 spiro atoms. The van der Waals surface area contributed by atoms with Gasteiger partial charge in [-0.1, -0.05) is 11.6 Å². The summed E-state index contributed by atoms with van der Waals surface area (Å²) in [6, 6.07) is 8.32. The molecule has 2 amide bonds. The van der Waals surface area contributed by atoms with Crippen LogP contribution in [0.2, 0.25) is 5.02 Å². The van der Waals surface area contributed by atoms with E-state index in [0.717, 1.165) is 0 Å². The van der Waals surface area contributed by atoms with Crippen molar-refractivity contribution in [1.82, 2.24) is 9.55 Å². The van der Waals surface area contributed by atoms with Gasteiger partial charge in [-0.25, -0.2) is 4.98 Å². The molecule has 39 heavy (non-hydrogen) atoms. The third kappa shape index (κ3) is 6.36. The third-order valence-corrected chi connectivity index (χ3v) is 6.08. The number of amides is 2. The maximum Gasteiger partial charge on any atom is 0.267 e. The normalized spacial score (nSPS) is 13.5. The zero-order chi connectivity index (χ0) is 27.9. The second kappa shape index (κ2) is 12.4. The highest BCUT2D eigenvalue weighted by Crippen LogP contribution is 2.34. The number of nitrogens with two attached hydrogens (primary N) is 1. The molecule has 1 aliphatic rings. The van der Waals surface area contributed by atoms with Crippen LogP contribution in [0.3, 0.4) is 0 Å². The summed E-state index contributed by atoms with van der Waals surface area (Å²) >= 11 is 6.29. The molecule has 0 fully saturated rings. The van der Waals surface area contributed by atoms with E-state index >= 15 is 0 Å². The Labute approximate surface area is 228 Å². The number of carbonyl (C=O) groups excluding carboxylic acids is 2. The zero-order valence-electron chi connectivity index (χ0n) is 21.2. The Morgan fingerprint density at radius 3 is 2.62 bits per heavy atom. The van der Waals surface area contributed by atoms with E-state index in [1.807, 2.05) is 0 Å². The van der Waals surface area contributed by atoms with Gasteiger partial charge < -0.3 is 30.1 Å². The minimum atomic E-state index is -0.963. The number of primary amides is 1. The summed E-state index contributed by atoms with van der Waals surface area (Å²) < 4.78 is 17.7. The number of ether oxygens (including phenoxy) is 3. The molecule has 4 rings (SSSR count). The van der Waals surface area contributed by atoms with Gasteiger partial charge in [0, 0.05) is 42.4 Å². The standard InChI is InChI=1S/C26H26ClN5O7/c1-36-8-7-21(25(35)30-16-4-6-20(24(28)34)29-13-16)32-14-22(37-2)19(12-23(32)33)18-11-15(27)3-5-17(18)26-31-39-10-9-38-26/h3-6,11-14,21H,7-10H2,1-2H3,(H2,28,34)(H,30,35). The highest BCUT2D eigenvalue weighted by Gasteiger charge is 2.25. The van der Waals surface area contributed by atoms with Gasteiger partial charge in [-0.2, -0.15) is 0 Å². The molecule has 1 aliphatic heterocycles. The van der Waals surface area contributed by atoms with Gasteiger partial charge in [-0.15, -0.1) is 0 Å². The molecular formula is C26H26ClN5O7. The number of anilines is 1. The molecule has 0 aliphatic carbocycles. The highest BCUT2D eigenvalue weighted by atomic mass is 35.5. The molecule has 1 atom stereocenters. The molecule has 0 saturated heterocycles. The smallest absolute Gasteiger partial charge is 0.267 e. The number of rotatable bonds is 10. The number of carbonyl (C=O) groups is 2. The number of nitrogens with one attached hydrogen (secondary N) is 1. The summed E-state index contributed by atoms with van der Waals surface area (Å²) in [7, 11) is 2.94. The van der Waals surface area contributed by atoms with E-state index in [0.29, 0.717) is 46.4 Å². The van der Waals surface area contributed by atoms with Crippen molar-refractivity contribution < 1.29 is 28.6 Å². The zero-order valence-corrected chi connectivity index (χ0v) is 21.9. The fourth-order valence-corrected chi connectivity index (χ4v) is 4.14. The van der Waals surface area contributed by atoms with Gasteiger partial charge in [-0.05, 0) is 41.1 Å². The highest BCUT2D eigenvalue weighted by molar-refractivity contribution is 6.31. The molecule has 3 aromatic rings. The number of aromatic nitrogens is 2. The van der Waals surface area contributed by atoms with Crippen molar-refractivity contribution in [3.63, 3.8) is 0 Å². The van der Waals surface area contributed by atoms with Crippen LogP contribution in [0.25, 0.3) is 11.1 Å². The first-order chi connectivity index (χ1) is 18.8. The average molecular weight is 556 g/mol. The van der Waals surface area contributed by atoms with Crippen LogP contribution in [0.5, 0.6) is 5.75 Å². The van der Waals surface area contributed by atoms with Crippen LogP contribution >= 0.6 is 11.6 Å². The van der Waals surface area contributed by atoms with Crippen molar-refractivity contribution in [2.24, 2.45) is 10.9 Å². The molecule has 13 heteroatoms. The molecule has 1 aromatic carbocycles. The Hall–Kier alpha value is -4.42. The third-order valence-electron chi connectivity index (χ3n) is 5.84. The van der Waals surface area contributed by atoms with Crippen LogP contribution in [0.4, 0.5) is 5.69 Å². The molecule has 0 radical (unpaired) electrons. The van der Waals surface area contributed by atoms with Gasteiger partial charge in [0.15, 0.2) is 6.61 Å². The molecule has 0 saturated carbocycles. The van der Waals surface area contributed by atoms with E-state index in [2.05, 4.69) is 15.5 Å². The second-order valence-corrected chi connectivity index (χ2v) is 8.79. The Bertz CT molecular complexity index is 1460. The fourth-order valence-electron chi connectivity index (χ4n) is 3.97. The lowest BCUT2D eigenvalue weighted by molar-refractivity contribution is -0.119. The van der Waals surface area contributed by atoms with Gasteiger partial charge in [0.2, 0.25) is 5.91 Å². The number of hydrogen-bond acceptors (Lipinski definition) is 9. The SMILES string of the molecule is COCCC(C(=O)Nc1ccc(C(N)=O)nc1)n1cc(OC)c(-c2cc(Cl)ccc2C2=NOCCO2)cc1=O. The molecule has 12 nitrogen and oxygen atoms in total. The van der Waals surface area contributed by atoms with Crippen molar-refractivity contribution in [3.05, 3.63) is 75.4 Å². The van der Waals surface area contributed by atoms with Crippen molar-refractivity contribution in [2.45, 2.75) is 12.5 Å². The Balaban J connectivity index is 1.73. The van der Waals surface area contributed by atoms with Crippen LogP contribution in [0.15, 0.2) is 58.7 Å². The lowest BCUT2D eigenvalue weighted by atomic mass is 9.99. The molecular weight excluding hydrogens is 530 g/mol. The lowest BCUT2D eigenvalue weighted by Crippen LogP contribution is -2.34. The average Bonchev–Trinajstić information content (AvgIpc) is 2.94. The number of methoxy groups -OCH3 is 2. The Kier molecular flexibility index (Phi) is 8.79. The number of nitrogens with zero attached hydrogens (tertiary/aromatic N) is 3. The quantitative estimate of drug-likeness (QED) is 0.386. The molecule has 3 N–H and O–H groups in total. The van der Waals surface area contributed by atoms with Crippen molar-refractivity contribution >= 4 is 35.0 Å². The first-order valence-electron chi connectivity index (χ1n) is 11.8. The summed E-state index contributed by atoms with van der Waals surface area (Å²) in [6.45, 7) is 0.835. The summed E-state index contributed by atoms with van der Waals surface area (Å²) in [4.78, 5) is 47.1. The Morgan fingerprint density at radius 1 is 1.15 bits per heavy atom. The van der Waals surface area contributed by atoms with E-state index in [1.54, 1.807) is 18.2 Å². The van der Waals surface area contributed by atoms with Gasteiger partial charge in [0.25, 0.3) is 17.4 Å². The molecule has 204 valence electrons. The maximum absolute atomic E-state index is 13.4. The van der Waals surface area contributed by atoms with Gasteiger partial charge in [0.05, 0.1) is 25.2 Å². The topological polar surface area (TPSA) is 156 Å². The minimum absolute atomic E-state index is 0.0528. The van der Waals surface area contributed by atoms with Crippen molar-refractivity contribution in [1.29, 1.82) is 0 Å². The molecule has 2 aromatic heterocycles. The molecule has 0 bridgehead atoms. The van der Waals surface area contributed by atoms with Crippen LogP contribution < -0.4 is 21.3 Å². The van der Waals surface area contributed by atoms with E-state index in [9.17, 15) is 14.4 Å². The number of benzene rings is 1. The Morgan fingerprint density at radius 2 is 1.97 bits per heavy atom. The minimum Gasteiger partial charge on any atom is -0.495 e. The number of halogens is 1. The van der Waals surface area contributed by atoms with E-state index in [4.69, 9.17) is 36.4 Å². The summed E-state index contributed by atoms with van der Waals surface area (Å²) in [5, 5.41) is 7.12. The largest absolute Gasteiger partial charge is 0.495 e. The monoisotopic (exact) mass is 555 g/mol. The molecule has 3 heterocycles. The first-order valence-corrected chi connectivity index (χ1v) is 12.2. The van der Waals surface area contributed by atoms with Crippen LogP contribution in [0, 0.1) is 0 Å². The van der Waals surface area contributed by atoms with E-state index in [-0.39, 0.29) is 24.6 Å². The van der Waals surface area contributed by atoms with Gasteiger partial charge in [-0.3, -0.25) is 19.0 Å². The fraction of sp³-hybridized carbons (Fsp3) is 0.269. The van der Waals surface area contributed by atoms with Gasteiger partial charge >= 0.3 is 0 Å². The second-order valence-electron chi connectivity index (χ2n) is 8.35. The maximum atomic E-state index is 13.4. The lowest BCUT2D eigenvalue weighted by Gasteiger charge is -2.22. The van der Waals surface area contributed by atoms with Crippen LogP contribution in [-0.2, 0) is 19.1 Å². The predicted octanol–water partition coefficient (Wildman–Crippen LogP) is 2.60.